The van der Waals surface area contributed by atoms with Crippen LogP contribution in [0, 0.1) is 29.1 Å². The van der Waals surface area contributed by atoms with Gasteiger partial charge in [0.05, 0.1) is 10.6 Å². The molecular formula is C15H17ClN2. The lowest BCUT2D eigenvalue weighted by Gasteiger charge is -2.22. The van der Waals surface area contributed by atoms with Crippen LogP contribution in [0.2, 0.25) is 5.02 Å². The van der Waals surface area contributed by atoms with Crippen molar-refractivity contribution >= 4 is 17.3 Å². The maximum atomic E-state index is 8.83. The van der Waals surface area contributed by atoms with E-state index in [1.54, 1.807) is 6.07 Å². The van der Waals surface area contributed by atoms with E-state index in [-0.39, 0.29) is 0 Å². The van der Waals surface area contributed by atoms with Crippen LogP contribution in [0.5, 0.6) is 0 Å². The molecule has 2 aliphatic rings. The van der Waals surface area contributed by atoms with Crippen molar-refractivity contribution in [1.82, 2.24) is 0 Å². The molecule has 2 saturated carbocycles. The standard InChI is InChI=1S/C15H17ClN2/c16-15-7-14(4-3-12(15)8-17)18-9-13-6-10-1-2-11(13)5-10/h3-4,7,10-11,13,18H,1-2,5-6,9H2. The highest BCUT2D eigenvalue weighted by Gasteiger charge is 2.38. The van der Waals surface area contributed by atoms with Gasteiger partial charge in [0.15, 0.2) is 0 Å². The number of halogens is 1. The van der Waals surface area contributed by atoms with Gasteiger partial charge in [-0.2, -0.15) is 5.26 Å². The molecule has 0 aliphatic heterocycles. The molecule has 0 spiro atoms. The van der Waals surface area contributed by atoms with E-state index >= 15 is 0 Å². The first kappa shape index (κ1) is 11.9. The molecule has 2 bridgehead atoms. The van der Waals surface area contributed by atoms with Crippen molar-refractivity contribution in [2.24, 2.45) is 17.8 Å². The van der Waals surface area contributed by atoms with Crippen LogP contribution in [-0.2, 0) is 0 Å². The van der Waals surface area contributed by atoms with Gasteiger partial charge in [0, 0.05) is 12.2 Å². The van der Waals surface area contributed by atoms with Gasteiger partial charge >= 0.3 is 0 Å². The fraction of sp³-hybridized carbons (Fsp3) is 0.533. The van der Waals surface area contributed by atoms with Crippen LogP contribution in [0.1, 0.15) is 31.2 Å². The second-order valence-corrected chi connectivity index (χ2v) is 6.03. The molecule has 0 saturated heterocycles. The molecule has 1 N–H and O–H groups in total. The van der Waals surface area contributed by atoms with Gasteiger partial charge in [-0.25, -0.2) is 0 Å². The minimum Gasteiger partial charge on any atom is -0.385 e. The molecule has 2 aliphatic carbocycles. The second kappa shape index (κ2) is 4.82. The predicted octanol–water partition coefficient (Wildman–Crippen LogP) is 4.06. The molecule has 0 heterocycles. The fourth-order valence-electron chi connectivity index (χ4n) is 3.59. The highest BCUT2D eigenvalue weighted by Crippen LogP contribution is 2.48. The molecule has 2 nitrogen and oxygen atoms in total. The van der Waals surface area contributed by atoms with Crippen LogP contribution in [-0.4, -0.2) is 6.54 Å². The van der Waals surface area contributed by atoms with E-state index in [4.69, 9.17) is 16.9 Å². The molecule has 94 valence electrons. The summed E-state index contributed by atoms with van der Waals surface area (Å²) in [5.74, 6) is 2.76. The summed E-state index contributed by atoms with van der Waals surface area (Å²) in [5, 5.41) is 12.8. The monoisotopic (exact) mass is 260 g/mol. The number of hydrogen-bond acceptors (Lipinski definition) is 2. The van der Waals surface area contributed by atoms with Gasteiger partial charge < -0.3 is 5.32 Å². The van der Waals surface area contributed by atoms with Gasteiger partial charge in [-0.1, -0.05) is 18.0 Å². The SMILES string of the molecule is N#Cc1ccc(NCC2CC3CCC2C3)cc1Cl. The molecule has 3 rings (SSSR count). The summed E-state index contributed by atoms with van der Waals surface area (Å²) in [6.07, 6.45) is 5.71. The molecule has 3 atom stereocenters. The Labute approximate surface area is 113 Å². The minimum absolute atomic E-state index is 0.537. The molecule has 18 heavy (non-hydrogen) atoms. The van der Waals surface area contributed by atoms with Crippen LogP contribution in [0.4, 0.5) is 5.69 Å². The van der Waals surface area contributed by atoms with E-state index in [0.717, 1.165) is 30.0 Å². The lowest BCUT2D eigenvalue weighted by molar-refractivity contribution is 0.348. The van der Waals surface area contributed by atoms with E-state index in [2.05, 4.69) is 11.4 Å². The minimum atomic E-state index is 0.537. The zero-order chi connectivity index (χ0) is 12.5. The number of nitriles is 1. The zero-order valence-corrected chi connectivity index (χ0v) is 11.1. The van der Waals surface area contributed by atoms with Crippen molar-refractivity contribution in [2.45, 2.75) is 25.7 Å². The highest BCUT2D eigenvalue weighted by molar-refractivity contribution is 6.32. The third kappa shape index (κ3) is 2.20. The van der Waals surface area contributed by atoms with Crippen LogP contribution in [0.3, 0.4) is 0 Å². The summed E-state index contributed by atoms with van der Waals surface area (Å²) in [6.45, 7) is 1.05. The molecule has 2 fully saturated rings. The van der Waals surface area contributed by atoms with Gasteiger partial charge in [0.2, 0.25) is 0 Å². The number of hydrogen-bond donors (Lipinski definition) is 1. The average Bonchev–Trinajstić information content (AvgIpc) is 2.98. The fourth-order valence-corrected chi connectivity index (χ4v) is 3.81. The van der Waals surface area contributed by atoms with Crippen molar-refractivity contribution < 1.29 is 0 Å². The average molecular weight is 261 g/mol. The Morgan fingerprint density at radius 3 is 2.83 bits per heavy atom. The molecule has 0 aromatic heterocycles. The van der Waals surface area contributed by atoms with Crippen molar-refractivity contribution in [3.63, 3.8) is 0 Å². The number of nitrogens with one attached hydrogen (secondary N) is 1. The van der Waals surface area contributed by atoms with Crippen LogP contribution in [0.25, 0.3) is 0 Å². The quantitative estimate of drug-likeness (QED) is 0.890. The summed E-state index contributed by atoms with van der Waals surface area (Å²) >= 11 is 6.03. The number of anilines is 1. The maximum absolute atomic E-state index is 8.83. The first-order chi connectivity index (χ1) is 8.76. The second-order valence-electron chi connectivity index (χ2n) is 5.62. The van der Waals surface area contributed by atoms with E-state index in [9.17, 15) is 0 Å². The lowest BCUT2D eigenvalue weighted by atomic mass is 9.89. The largest absolute Gasteiger partial charge is 0.385 e. The first-order valence-corrected chi connectivity index (χ1v) is 7.07. The third-order valence-corrected chi connectivity index (χ3v) is 4.86. The van der Waals surface area contributed by atoms with E-state index in [1.165, 1.54) is 25.7 Å². The summed E-state index contributed by atoms with van der Waals surface area (Å²) in [7, 11) is 0. The smallest absolute Gasteiger partial charge is 0.101 e. The topological polar surface area (TPSA) is 35.8 Å². The van der Waals surface area contributed by atoms with Gasteiger partial charge in [-0.05, 0) is 55.2 Å². The normalized spacial score (nSPS) is 29.2. The Kier molecular flexibility index (Phi) is 3.18. The Balaban J connectivity index is 1.60. The Bertz CT molecular complexity index is 492. The van der Waals surface area contributed by atoms with Crippen LogP contribution >= 0.6 is 11.6 Å². The Morgan fingerprint density at radius 1 is 1.33 bits per heavy atom. The molecule has 3 unspecified atom stereocenters. The van der Waals surface area contributed by atoms with Crippen molar-refractivity contribution in [2.75, 3.05) is 11.9 Å². The Hall–Kier alpha value is -1.20. The van der Waals surface area contributed by atoms with Crippen molar-refractivity contribution in [1.29, 1.82) is 5.26 Å². The van der Waals surface area contributed by atoms with Gasteiger partial charge in [-0.15, -0.1) is 0 Å². The van der Waals surface area contributed by atoms with Crippen molar-refractivity contribution in [3.05, 3.63) is 28.8 Å². The summed E-state index contributed by atoms with van der Waals surface area (Å²) < 4.78 is 0. The van der Waals surface area contributed by atoms with Crippen LogP contribution in [0.15, 0.2) is 18.2 Å². The molecule has 0 radical (unpaired) electrons. The first-order valence-electron chi connectivity index (χ1n) is 6.70. The highest BCUT2D eigenvalue weighted by atomic mass is 35.5. The number of rotatable bonds is 3. The summed E-state index contributed by atoms with van der Waals surface area (Å²) in [4.78, 5) is 0. The van der Waals surface area contributed by atoms with Gasteiger partial charge in [0.25, 0.3) is 0 Å². The Morgan fingerprint density at radius 2 is 2.22 bits per heavy atom. The molecule has 0 amide bonds. The van der Waals surface area contributed by atoms with Crippen LogP contribution < -0.4 is 5.32 Å². The molecule has 3 heteroatoms. The lowest BCUT2D eigenvalue weighted by Crippen LogP contribution is -2.20. The van der Waals surface area contributed by atoms with Gasteiger partial charge in [-0.3, -0.25) is 0 Å². The number of benzene rings is 1. The van der Waals surface area contributed by atoms with E-state index in [1.807, 2.05) is 12.1 Å². The molecule has 1 aromatic carbocycles. The zero-order valence-electron chi connectivity index (χ0n) is 10.3. The molecular weight excluding hydrogens is 244 g/mol. The maximum Gasteiger partial charge on any atom is 0.101 e. The summed E-state index contributed by atoms with van der Waals surface area (Å²) in [5.41, 5.74) is 1.57. The van der Waals surface area contributed by atoms with Gasteiger partial charge in [0.1, 0.15) is 6.07 Å². The third-order valence-electron chi connectivity index (χ3n) is 4.54. The number of fused-ring (bicyclic) bond motifs is 2. The van der Waals surface area contributed by atoms with E-state index in [0.29, 0.717) is 10.6 Å². The summed E-state index contributed by atoms with van der Waals surface area (Å²) in [6, 6.07) is 7.66. The predicted molar refractivity (Wildman–Crippen MR) is 73.6 cm³/mol. The number of nitrogens with zero attached hydrogens (tertiary/aromatic N) is 1. The molecule has 1 aromatic rings. The van der Waals surface area contributed by atoms with E-state index < -0.39 is 0 Å². The van der Waals surface area contributed by atoms with Crippen molar-refractivity contribution in [3.8, 4) is 6.07 Å².